The van der Waals surface area contributed by atoms with Crippen LogP contribution in [0.3, 0.4) is 0 Å². The van der Waals surface area contributed by atoms with E-state index in [4.69, 9.17) is 0 Å². The SMILES string of the molecule is CCN(Cc1ccccc1)c1nccc(C(=O)NCCCc2ccccc2)n1. The summed E-state index contributed by atoms with van der Waals surface area (Å²) in [6, 6.07) is 22.1. The molecular weight excluding hydrogens is 348 g/mol. The fraction of sp³-hybridized carbons (Fsp3) is 0.261. The summed E-state index contributed by atoms with van der Waals surface area (Å²) >= 11 is 0. The molecule has 0 atom stereocenters. The monoisotopic (exact) mass is 374 g/mol. The summed E-state index contributed by atoms with van der Waals surface area (Å²) in [6.07, 6.45) is 3.48. The Morgan fingerprint density at radius 1 is 0.964 bits per heavy atom. The van der Waals surface area contributed by atoms with Crippen molar-refractivity contribution in [2.75, 3.05) is 18.0 Å². The number of carbonyl (C=O) groups is 1. The Bertz CT molecular complexity index is 868. The van der Waals surface area contributed by atoms with Gasteiger partial charge in [0, 0.05) is 25.8 Å². The average Bonchev–Trinajstić information content (AvgIpc) is 2.76. The van der Waals surface area contributed by atoms with E-state index in [9.17, 15) is 4.79 Å². The van der Waals surface area contributed by atoms with E-state index >= 15 is 0 Å². The highest BCUT2D eigenvalue weighted by molar-refractivity contribution is 5.92. The van der Waals surface area contributed by atoms with Gasteiger partial charge in [0.25, 0.3) is 5.91 Å². The molecule has 0 spiro atoms. The molecule has 1 N–H and O–H groups in total. The van der Waals surface area contributed by atoms with Crippen LogP contribution in [0.1, 0.15) is 35.0 Å². The number of aryl methyl sites for hydroxylation is 1. The third-order valence-corrected chi connectivity index (χ3v) is 4.53. The van der Waals surface area contributed by atoms with Gasteiger partial charge in [-0.25, -0.2) is 9.97 Å². The number of anilines is 1. The van der Waals surface area contributed by atoms with Crippen molar-refractivity contribution in [3.8, 4) is 0 Å². The molecule has 0 radical (unpaired) electrons. The summed E-state index contributed by atoms with van der Waals surface area (Å²) in [5, 5.41) is 2.96. The minimum absolute atomic E-state index is 0.160. The molecule has 0 aliphatic rings. The highest BCUT2D eigenvalue weighted by Gasteiger charge is 2.12. The molecule has 2 aromatic carbocycles. The summed E-state index contributed by atoms with van der Waals surface area (Å²) in [7, 11) is 0. The Labute approximate surface area is 166 Å². The van der Waals surface area contributed by atoms with Crippen molar-refractivity contribution in [3.63, 3.8) is 0 Å². The lowest BCUT2D eigenvalue weighted by atomic mass is 10.1. The molecule has 28 heavy (non-hydrogen) atoms. The zero-order valence-corrected chi connectivity index (χ0v) is 16.2. The summed E-state index contributed by atoms with van der Waals surface area (Å²) in [5.41, 5.74) is 2.86. The topological polar surface area (TPSA) is 58.1 Å². The fourth-order valence-corrected chi connectivity index (χ4v) is 2.98. The summed E-state index contributed by atoms with van der Waals surface area (Å²) < 4.78 is 0. The lowest BCUT2D eigenvalue weighted by Gasteiger charge is -2.21. The zero-order chi connectivity index (χ0) is 19.6. The number of benzene rings is 2. The van der Waals surface area contributed by atoms with E-state index in [2.05, 4.69) is 51.4 Å². The zero-order valence-electron chi connectivity index (χ0n) is 16.2. The molecule has 5 heteroatoms. The molecule has 1 amide bonds. The number of hydrogen-bond acceptors (Lipinski definition) is 4. The van der Waals surface area contributed by atoms with Gasteiger partial charge in [0.15, 0.2) is 0 Å². The van der Waals surface area contributed by atoms with E-state index in [-0.39, 0.29) is 5.91 Å². The molecule has 3 rings (SSSR count). The maximum Gasteiger partial charge on any atom is 0.270 e. The highest BCUT2D eigenvalue weighted by Crippen LogP contribution is 2.12. The Morgan fingerprint density at radius 3 is 2.32 bits per heavy atom. The fourth-order valence-electron chi connectivity index (χ4n) is 2.98. The minimum Gasteiger partial charge on any atom is -0.351 e. The molecular formula is C23H26N4O. The van der Waals surface area contributed by atoms with Crippen LogP contribution in [-0.2, 0) is 13.0 Å². The van der Waals surface area contributed by atoms with E-state index in [1.54, 1.807) is 12.3 Å². The van der Waals surface area contributed by atoms with E-state index in [1.807, 2.05) is 36.4 Å². The van der Waals surface area contributed by atoms with Gasteiger partial charge in [0.1, 0.15) is 5.69 Å². The van der Waals surface area contributed by atoms with Gasteiger partial charge in [0.2, 0.25) is 5.95 Å². The van der Waals surface area contributed by atoms with Crippen molar-refractivity contribution >= 4 is 11.9 Å². The number of aromatic nitrogens is 2. The van der Waals surface area contributed by atoms with Crippen LogP contribution >= 0.6 is 0 Å². The van der Waals surface area contributed by atoms with E-state index < -0.39 is 0 Å². The second-order valence-corrected chi connectivity index (χ2v) is 6.59. The predicted octanol–water partition coefficient (Wildman–Crippen LogP) is 3.87. The van der Waals surface area contributed by atoms with Gasteiger partial charge < -0.3 is 10.2 Å². The molecule has 0 bridgehead atoms. The smallest absolute Gasteiger partial charge is 0.270 e. The van der Waals surface area contributed by atoms with Crippen molar-refractivity contribution in [1.29, 1.82) is 0 Å². The second kappa shape index (κ2) is 10.2. The quantitative estimate of drug-likeness (QED) is 0.578. The van der Waals surface area contributed by atoms with Crippen LogP contribution in [0.15, 0.2) is 72.9 Å². The largest absolute Gasteiger partial charge is 0.351 e. The van der Waals surface area contributed by atoms with Gasteiger partial charge in [0.05, 0.1) is 0 Å². The van der Waals surface area contributed by atoms with Crippen LogP contribution in [0.4, 0.5) is 5.95 Å². The average molecular weight is 374 g/mol. The first-order chi connectivity index (χ1) is 13.8. The maximum absolute atomic E-state index is 12.5. The second-order valence-electron chi connectivity index (χ2n) is 6.59. The molecule has 3 aromatic rings. The first kappa shape index (κ1) is 19.5. The van der Waals surface area contributed by atoms with Crippen LogP contribution < -0.4 is 10.2 Å². The van der Waals surface area contributed by atoms with Crippen molar-refractivity contribution in [2.24, 2.45) is 0 Å². The van der Waals surface area contributed by atoms with Crippen LogP contribution in [0.2, 0.25) is 0 Å². The van der Waals surface area contributed by atoms with E-state index in [0.29, 0.717) is 24.7 Å². The van der Waals surface area contributed by atoms with E-state index in [0.717, 1.165) is 19.4 Å². The Hall–Kier alpha value is -3.21. The van der Waals surface area contributed by atoms with Gasteiger partial charge in [-0.2, -0.15) is 0 Å². The lowest BCUT2D eigenvalue weighted by molar-refractivity contribution is 0.0948. The number of rotatable bonds is 9. The van der Waals surface area contributed by atoms with Crippen LogP contribution in [0.5, 0.6) is 0 Å². The maximum atomic E-state index is 12.5. The molecule has 1 aromatic heterocycles. The van der Waals surface area contributed by atoms with Crippen molar-refractivity contribution < 1.29 is 4.79 Å². The number of carbonyl (C=O) groups excluding carboxylic acids is 1. The number of nitrogens with one attached hydrogen (secondary N) is 1. The molecule has 0 aliphatic carbocycles. The first-order valence-corrected chi connectivity index (χ1v) is 9.70. The Balaban J connectivity index is 1.56. The molecule has 144 valence electrons. The van der Waals surface area contributed by atoms with Crippen molar-refractivity contribution in [2.45, 2.75) is 26.3 Å². The molecule has 0 saturated carbocycles. The molecule has 0 unspecified atom stereocenters. The third kappa shape index (κ3) is 5.64. The van der Waals surface area contributed by atoms with Crippen LogP contribution in [0, 0.1) is 0 Å². The Kier molecular flexibility index (Phi) is 7.13. The predicted molar refractivity (Wildman–Crippen MR) is 112 cm³/mol. The standard InChI is InChI=1S/C23H26N4O/c1-2-27(18-20-12-7-4-8-13-20)23-25-17-15-21(26-23)22(28)24-16-9-14-19-10-5-3-6-11-19/h3-8,10-13,15,17H,2,9,14,16,18H2,1H3,(H,24,28). The number of nitrogens with zero attached hydrogens (tertiary/aromatic N) is 3. The third-order valence-electron chi connectivity index (χ3n) is 4.53. The summed E-state index contributed by atoms with van der Waals surface area (Å²) in [4.78, 5) is 23.4. The molecule has 1 heterocycles. The highest BCUT2D eigenvalue weighted by atomic mass is 16.1. The molecule has 0 fully saturated rings. The minimum atomic E-state index is -0.160. The van der Waals surface area contributed by atoms with Crippen LogP contribution in [0.25, 0.3) is 0 Å². The van der Waals surface area contributed by atoms with Crippen molar-refractivity contribution in [3.05, 3.63) is 89.7 Å². The first-order valence-electron chi connectivity index (χ1n) is 9.70. The van der Waals surface area contributed by atoms with Crippen LogP contribution in [-0.4, -0.2) is 29.0 Å². The number of amides is 1. The van der Waals surface area contributed by atoms with Gasteiger partial charge in [-0.3, -0.25) is 4.79 Å². The Morgan fingerprint density at radius 2 is 1.64 bits per heavy atom. The van der Waals surface area contributed by atoms with Crippen molar-refractivity contribution in [1.82, 2.24) is 15.3 Å². The molecule has 5 nitrogen and oxygen atoms in total. The normalized spacial score (nSPS) is 10.5. The van der Waals surface area contributed by atoms with Gasteiger partial charge in [-0.05, 0) is 37.0 Å². The van der Waals surface area contributed by atoms with E-state index in [1.165, 1.54) is 11.1 Å². The number of hydrogen-bond donors (Lipinski definition) is 1. The van der Waals surface area contributed by atoms with Gasteiger partial charge >= 0.3 is 0 Å². The molecule has 0 aliphatic heterocycles. The van der Waals surface area contributed by atoms with Gasteiger partial charge in [-0.15, -0.1) is 0 Å². The van der Waals surface area contributed by atoms with Gasteiger partial charge in [-0.1, -0.05) is 60.7 Å². The summed E-state index contributed by atoms with van der Waals surface area (Å²) in [6.45, 7) is 4.15. The lowest BCUT2D eigenvalue weighted by Crippen LogP contribution is -2.28. The summed E-state index contributed by atoms with van der Waals surface area (Å²) in [5.74, 6) is 0.413. The molecule has 0 saturated heterocycles.